The molecular weight excluding hydrogens is 716 g/mol. The highest BCUT2D eigenvalue weighted by Crippen LogP contribution is 2.44. The molecule has 4 heteroatoms. The van der Waals surface area contributed by atoms with Gasteiger partial charge in [0, 0.05) is 39.0 Å². The lowest BCUT2D eigenvalue weighted by Crippen LogP contribution is -2.62. The van der Waals surface area contributed by atoms with Gasteiger partial charge >= 0.3 is 0 Å². The molecule has 0 saturated carbocycles. The molecule has 0 unspecified atom stereocenters. The lowest BCUT2D eigenvalue weighted by molar-refractivity contribution is 0.590. The molecule has 7 aromatic rings. The molecule has 6 aromatic carbocycles. The quantitative estimate of drug-likeness (QED) is 0.162. The molecule has 3 heterocycles. The van der Waals surface area contributed by atoms with Crippen molar-refractivity contribution in [1.82, 2.24) is 4.57 Å². The molecule has 0 spiro atoms. The molecule has 294 valence electrons. The molecule has 0 atom stereocenters. The fraction of sp³-hybridized carbons (Fsp3) is 0.333. The Morgan fingerprint density at radius 1 is 0.448 bits per heavy atom. The summed E-state index contributed by atoms with van der Waals surface area (Å²) in [6.07, 6.45) is 0. The number of fused-ring (bicyclic) bond motifs is 7. The van der Waals surface area contributed by atoms with E-state index in [0.717, 1.165) is 0 Å². The number of benzene rings is 6. The van der Waals surface area contributed by atoms with Crippen molar-refractivity contribution in [3.8, 4) is 5.69 Å². The van der Waals surface area contributed by atoms with Crippen LogP contribution >= 0.6 is 0 Å². The molecular formula is C54H61BN2Si. The molecule has 0 N–H and O–H groups in total. The highest BCUT2D eigenvalue weighted by molar-refractivity contribution is 7.02. The maximum atomic E-state index is 2.67. The normalized spacial score (nSPS) is 14.3. The van der Waals surface area contributed by atoms with E-state index in [-0.39, 0.29) is 28.4 Å². The van der Waals surface area contributed by atoms with Gasteiger partial charge in [-0.05, 0) is 109 Å². The van der Waals surface area contributed by atoms with Gasteiger partial charge in [-0.1, -0.05) is 173 Å². The van der Waals surface area contributed by atoms with Gasteiger partial charge in [0.2, 0.25) is 0 Å². The van der Waals surface area contributed by atoms with Crippen molar-refractivity contribution in [3.63, 3.8) is 0 Å². The van der Waals surface area contributed by atoms with Crippen LogP contribution in [-0.4, -0.2) is 19.4 Å². The van der Waals surface area contributed by atoms with Gasteiger partial charge in [-0.3, -0.25) is 0 Å². The van der Waals surface area contributed by atoms with Crippen molar-refractivity contribution in [3.05, 3.63) is 138 Å². The average molecular weight is 777 g/mol. The van der Waals surface area contributed by atoms with Crippen LogP contribution in [0.1, 0.15) is 105 Å². The summed E-state index contributed by atoms with van der Waals surface area (Å²) in [5.74, 6) is 0. The topological polar surface area (TPSA) is 8.17 Å². The predicted molar refractivity (Wildman–Crippen MR) is 258 cm³/mol. The number of aromatic nitrogens is 1. The minimum atomic E-state index is -2.18. The molecule has 0 bridgehead atoms. The van der Waals surface area contributed by atoms with E-state index in [1.165, 1.54) is 93.6 Å². The first-order valence-electron chi connectivity index (χ1n) is 21.5. The summed E-state index contributed by atoms with van der Waals surface area (Å²) in [6, 6.07) is 45.8. The Kier molecular flexibility index (Phi) is 8.41. The zero-order valence-electron chi connectivity index (χ0n) is 37.4. The lowest BCUT2D eigenvalue weighted by atomic mass is 9.33. The summed E-state index contributed by atoms with van der Waals surface area (Å²) < 4.78 is 2.67. The number of hydrogen-bond donors (Lipinski definition) is 0. The summed E-state index contributed by atoms with van der Waals surface area (Å²) in [4.78, 5) is 2.61. The second-order valence-corrected chi connectivity index (χ2v) is 26.4. The molecule has 9 rings (SSSR count). The smallest absolute Gasteiger partial charge is 0.252 e. The first-order chi connectivity index (χ1) is 27.0. The van der Waals surface area contributed by atoms with Gasteiger partial charge < -0.3 is 9.47 Å². The Balaban J connectivity index is 1.48. The van der Waals surface area contributed by atoms with Crippen LogP contribution in [0.3, 0.4) is 0 Å². The highest BCUT2D eigenvalue weighted by Gasteiger charge is 2.44. The van der Waals surface area contributed by atoms with E-state index in [0.29, 0.717) is 0 Å². The summed E-state index contributed by atoms with van der Waals surface area (Å²) >= 11 is 0. The van der Waals surface area contributed by atoms with Gasteiger partial charge in [0.1, 0.15) is 8.07 Å². The van der Waals surface area contributed by atoms with Gasteiger partial charge in [0.25, 0.3) is 6.71 Å². The molecule has 0 fully saturated rings. The molecule has 0 saturated heterocycles. The Labute approximate surface area is 349 Å². The van der Waals surface area contributed by atoms with Crippen LogP contribution in [-0.2, 0) is 21.7 Å². The lowest BCUT2D eigenvalue weighted by Gasteiger charge is -2.42. The maximum Gasteiger partial charge on any atom is 0.252 e. The van der Waals surface area contributed by atoms with E-state index in [1.54, 1.807) is 0 Å². The van der Waals surface area contributed by atoms with Gasteiger partial charge in [-0.15, -0.1) is 0 Å². The fourth-order valence-electron chi connectivity index (χ4n) is 9.67. The Bertz CT molecular complexity index is 2780. The predicted octanol–water partition coefficient (Wildman–Crippen LogP) is 11.4. The van der Waals surface area contributed by atoms with E-state index >= 15 is 0 Å². The van der Waals surface area contributed by atoms with Gasteiger partial charge in [-0.25, -0.2) is 0 Å². The van der Waals surface area contributed by atoms with Crippen LogP contribution in [0.5, 0.6) is 0 Å². The molecule has 0 amide bonds. The third-order valence-corrected chi connectivity index (χ3v) is 17.0. The molecule has 2 aliphatic rings. The van der Waals surface area contributed by atoms with Crippen LogP contribution in [0.4, 0.5) is 17.1 Å². The second-order valence-electron chi connectivity index (χ2n) is 22.0. The molecule has 2 nitrogen and oxygen atoms in total. The van der Waals surface area contributed by atoms with E-state index in [2.05, 4.69) is 221 Å². The standard InChI is InChI=1S/C54H61BN2Si/c1-51(2,3)34-20-24-38(25-21-34)56-46-27-23-36(53(7,8)9)30-43(46)55-44-31-37(54(10,11)12)29-42-41-28-35(52(4,5)6)22-26-45(41)57(50(42)44)48-33-40(32-47(56)49(48)55)58(13,14)39-18-16-15-17-19-39/h15-33H,1-14H3. The number of rotatable bonds is 3. The SMILES string of the molecule is CC(C)(C)c1ccc(N2c3ccc(C(C)(C)C)cc3B3c4c2cc([Si](C)(C)c2ccccc2)cc4-n2c4ccc(C(C)(C)C)cc4c4cc(C(C)(C)C)cc3c42)cc1. The number of hydrogen-bond acceptors (Lipinski definition) is 1. The summed E-state index contributed by atoms with van der Waals surface area (Å²) in [5, 5.41) is 5.63. The zero-order chi connectivity index (χ0) is 41.5. The minimum Gasteiger partial charge on any atom is -0.311 e. The molecule has 0 aliphatic carbocycles. The Morgan fingerprint density at radius 3 is 1.60 bits per heavy atom. The summed E-state index contributed by atoms with van der Waals surface area (Å²) in [5.41, 5.74) is 17.6. The van der Waals surface area contributed by atoms with Crippen molar-refractivity contribution in [2.24, 2.45) is 0 Å². The monoisotopic (exact) mass is 776 g/mol. The summed E-state index contributed by atoms with van der Waals surface area (Å²) in [6.45, 7) is 33.3. The third kappa shape index (κ3) is 5.96. The van der Waals surface area contributed by atoms with Gasteiger partial charge in [-0.2, -0.15) is 0 Å². The van der Waals surface area contributed by atoms with Crippen molar-refractivity contribution >= 4 is 80.4 Å². The van der Waals surface area contributed by atoms with Crippen LogP contribution in [0.2, 0.25) is 13.1 Å². The minimum absolute atomic E-state index is 0.00197. The maximum absolute atomic E-state index is 2.67. The largest absolute Gasteiger partial charge is 0.311 e. The van der Waals surface area contributed by atoms with Crippen molar-refractivity contribution in [1.29, 1.82) is 0 Å². The van der Waals surface area contributed by atoms with Crippen LogP contribution < -0.4 is 31.7 Å². The first kappa shape index (κ1) is 38.7. The van der Waals surface area contributed by atoms with Crippen LogP contribution in [0.15, 0.2) is 115 Å². The van der Waals surface area contributed by atoms with Crippen LogP contribution in [0, 0.1) is 0 Å². The van der Waals surface area contributed by atoms with Gasteiger partial charge in [0.15, 0.2) is 0 Å². The van der Waals surface area contributed by atoms with Crippen molar-refractivity contribution < 1.29 is 0 Å². The third-order valence-electron chi connectivity index (χ3n) is 13.5. The van der Waals surface area contributed by atoms with E-state index in [4.69, 9.17) is 0 Å². The second kappa shape index (κ2) is 12.6. The van der Waals surface area contributed by atoms with Crippen molar-refractivity contribution in [2.75, 3.05) is 4.90 Å². The number of nitrogens with zero attached hydrogens (tertiary/aromatic N) is 2. The van der Waals surface area contributed by atoms with Gasteiger partial charge in [0.05, 0.1) is 5.52 Å². The van der Waals surface area contributed by atoms with Crippen molar-refractivity contribution in [2.45, 2.75) is 118 Å². The summed E-state index contributed by atoms with van der Waals surface area (Å²) in [7, 11) is -2.18. The van der Waals surface area contributed by atoms with E-state index in [1.807, 2.05) is 0 Å². The molecule has 1 aromatic heterocycles. The fourth-order valence-corrected chi connectivity index (χ4v) is 12.0. The first-order valence-corrected chi connectivity index (χ1v) is 24.5. The van der Waals surface area contributed by atoms with E-state index < -0.39 is 8.07 Å². The van der Waals surface area contributed by atoms with E-state index in [9.17, 15) is 0 Å². The zero-order valence-corrected chi connectivity index (χ0v) is 38.4. The molecule has 2 aliphatic heterocycles. The molecule has 58 heavy (non-hydrogen) atoms. The Hall–Kier alpha value is -4.80. The van der Waals surface area contributed by atoms with Crippen LogP contribution in [0.25, 0.3) is 27.5 Å². The molecule has 0 radical (unpaired) electrons. The average Bonchev–Trinajstić information content (AvgIpc) is 3.49. The Morgan fingerprint density at radius 2 is 0.983 bits per heavy atom. The highest BCUT2D eigenvalue weighted by atomic mass is 28.3. The number of anilines is 3.